The zero-order valence-corrected chi connectivity index (χ0v) is 18.0. The standard InChI is InChI=1S/C23H18N4O4S/c1-13-18(26-11-4-3-5-16(26)25-13)20(28)17-19(14-6-8-15(31-2)9-7-14)27(22(30)21(17)29)23-24-10-12-32-23/h3-12,19,28H,1-2H3/b20-17+. The molecule has 0 spiro atoms. The first-order valence-corrected chi connectivity index (χ1v) is 10.7. The number of ketones is 1. The predicted octanol–water partition coefficient (Wildman–Crippen LogP) is 3.73. The number of methoxy groups -OCH3 is 1. The Hall–Kier alpha value is -3.98. The minimum atomic E-state index is -0.847. The molecular weight excluding hydrogens is 428 g/mol. The zero-order valence-electron chi connectivity index (χ0n) is 17.2. The van der Waals surface area contributed by atoms with Gasteiger partial charge in [-0.1, -0.05) is 18.2 Å². The molecule has 1 N–H and O–H groups in total. The number of anilines is 1. The molecule has 1 atom stereocenters. The molecule has 1 aliphatic heterocycles. The van der Waals surface area contributed by atoms with Crippen LogP contribution in [-0.4, -0.2) is 38.3 Å². The van der Waals surface area contributed by atoms with Crippen molar-refractivity contribution in [3.8, 4) is 5.75 Å². The Morgan fingerprint density at radius 3 is 2.62 bits per heavy atom. The molecule has 4 aromatic rings. The number of rotatable bonds is 4. The van der Waals surface area contributed by atoms with Crippen LogP contribution in [0.2, 0.25) is 0 Å². The highest BCUT2D eigenvalue weighted by molar-refractivity contribution is 7.14. The minimum Gasteiger partial charge on any atom is -0.505 e. The first-order valence-electron chi connectivity index (χ1n) is 9.79. The molecule has 1 saturated heterocycles. The molecule has 1 amide bonds. The number of benzene rings is 1. The Labute approximate surface area is 187 Å². The summed E-state index contributed by atoms with van der Waals surface area (Å²) in [5.74, 6) is -1.16. The highest BCUT2D eigenvalue weighted by Gasteiger charge is 2.48. The highest BCUT2D eigenvalue weighted by atomic mass is 32.1. The first-order chi connectivity index (χ1) is 15.5. The molecule has 1 aliphatic rings. The Morgan fingerprint density at radius 2 is 1.94 bits per heavy atom. The topological polar surface area (TPSA) is 97.0 Å². The van der Waals surface area contributed by atoms with Crippen molar-refractivity contribution in [3.05, 3.63) is 82.8 Å². The van der Waals surface area contributed by atoms with Crippen molar-refractivity contribution >= 4 is 39.6 Å². The molecule has 32 heavy (non-hydrogen) atoms. The van der Waals surface area contributed by atoms with Gasteiger partial charge >= 0.3 is 5.91 Å². The van der Waals surface area contributed by atoms with Gasteiger partial charge in [0.1, 0.15) is 17.1 Å². The van der Waals surface area contributed by atoms with E-state index in [4.69, 9.17) is 4.74 Å². The summed E-state index contributed by atoms with van der Waals surface area (Å²) in [5, 5.41) is 13.5. The van der Waals surface area contributed by atoms with Crippen LogP contribution in [0.15, 0.2) is 65.8 Å². The molecular formula is C23H18N4O4S. The van der Waals surface area contributed by atoms with E-state index < -0.39 is 17.7 Å². The Balaban J connectivity index is 1.77. The van der Waals surface area contributed by atoms with Crippen molar-refractivity contribution in [2.24, 2.45) is 0 Å². The number of amides is 1. The summed E-state index contributed by atoms with van der Waals surface area (Å²) in [5.41, 5.74) is 2.18. The highest BCUT2D eigenvalue weighted by Crippen LogP contribution is 2.43. The van der Waals surface area contributed by atoms with Crippen molar-refractivity contribution in [1.29, 1.82) is 0 Å². The minimum absolute atomic E-state index is 0.0101. The molecule has 8 nitrogen and oxygen atoms in total. The molecule has 3 aromatic heterocycles. The van der Waals surface area contributed by atoms with Crippen LogP contribution in [0.4, 0.5) is 5.13 Å². The number of aliphatic hydroxyl groups is 1. The van der Waals surface area contributed by atoms with Crippen LogP contribution in [0.5, 0.6) is 5.75 Å². The summed E-state index contributed by atoms with van der Waals surface area (Å²) in [7, 11) is 1.56. The van der Waals surface area contributed by atoms with Gasteiger partial charge in [-0.3, -0.25) is 18.9 Å². The van der Waals surface area contributed by atoms with Crippen LogP contribution in [0, 0.1) is 6.92 Å². The van der Waals surface area contributed by atoms with E-state index >= 15 is 0 Å². The molecule has 0 aliphatic carbocycles. The number of aryl methyl sites for hydroxylation is 1. The quantitative estimate of drug-likeness (QED) is 0.291. The molecule has 160 valence electrons. The Bertz CT molecular complexity index is 1370. The number of fused-ring (bicyclic) bond motifs is 1. The van der Waals surface area contributed by atoms with Crippen LogP contribution in [-0.2, 0) is 9.59 Å². The number of imidazole rings is 1. The van der Waals surface area contributed by atoms with Crippen LogP contribution >= 0.6 is 11.3 Å². The van der Waals surface area contributed by atoms with E-state index in [1.807, 2.05) is 6.07 Å². The number of thiazole rings is 1. The van der Waals surface area contributed by atoms with Crippen molar-refractivity contribution < 1.29 is 19.4 Å². The van der Waals surface area contributed by atoms with E-state index in [1.165, 1.54) is 16.2 Å². The Morgan fingerprint density at radius 1 is 1.16 bits per heavy atom. The molecule has 0 bridgehead atoms. The number of ether oxygens (including phenoxy) is 1. The van der Waals surface area contributed by atoms with Crippen LogP contribution < -0.4 is 9.64 Å². The predicted molar refractivity (Wildman–Crippen MR) is 120 cm³/mol. The number of hydrogen-bond donors (Lipinski definition) is 1. The van der Waals surface area contributed by atoms with Crippen LogP contribution in [0.1, 0.15) is 23.0 Å². The fourth-order valence-electron chi connectivity index (χ4n) is 3.99. The SMILES string of the molecule is COc1ccc(C2/C(=C(\O)c3c(C)nc4ccccn34)C(=O)C(=O)N2c2nccs2)cc1. The number of hydrogen-bond acceptors (Lipinski definition) is 7. The monoisotopic (exact) mass is 446 g/mol. The summed E-state index contributed by atoms with van der Waals surface area (Å²) in [6, 6.07) is 11.6. The van der Waals surface area contributed by atoms with Crippen LogP contribution in [0.3, 0.4) is 0 Å². The third kappa shape index (κ3) is 2.97. The van der Waals surface area contributed by atoms with Gasteiger partial charge in [-0.2, -0.15) is 0 Å². The van der Waals surface area contributed by atoms with Crippen molar-refractivity contribution in [3.63, 3.8) is 0 Å². The van der Waals surface area contributed by atoms with Gasteiger partial charge < -0.3 is 9.84 Å². The maximum Gasteiger partial charge on any atom is 0.301 e. The maximum atomic E-state index is 13.2. The van der Waals surface area contributed by atoms with Gasteiger partial charge in [0.05, 0.1) is 24.4 Å². The second-order valence-electron chi connectivity index (χ2n) is 7.23. The van der Waals surface area contributed by atoms with E-state index in [2.05, 4.69) is 9.97 Å². The molecule has 5 rings (SSSR count). The Kier molecular flexibility index (Phi) is 4.75. The van der Waals surface area contributed by atoms with Gasteiger partial charge in [-0.25, -0.2) is 9.97 Å². The van der Waals surface area contributed by atoms with Crippen molar-refractivity contribution in [2.45, 2.75) is 13.0 Å². The lowest BCUT2D eigenvalue weighted by atomic mass is 9.96. The van der Waals surface area contributed by atoms with Crippen molar-refractivity contribution in [2.75, 3.05) is 12.0 Å². The van der Waals surface area contributed by atoms with E-state index in [1.54, 1.807) is 72.6 Å². The average Bonchev–Trinajstić information content (AvgIpc) is 3.50. The number of carbonyl (C=O) groups is 2. The lowest BCUT2D eigenvalue weighted by molar-refractivity contribution is -0.132. The largest absolute Gasteiger partial charge is 0.505 e. The number of carbonyl (C=O) groups excluding carboxylic acids is 2. The molecule has 1 unspecified atom stereocenters. The third-order valence-electron chi connectivity index (χ3n) is 5.43. The zero-order chi connectivity index (χ0) is 22.4. The van der Waals surface area contributed by atoms with Gasteiger partial charge in [0, 0.05) is 17.8 Å². The maximum absolute atomic E-state index is 13.2. The van der Waals surface area contributed by atoms with Crippen LogP contribution in [0.25, 0.3) is 11.4 Å². The van der Waals surface area contributed by atoms with E-state index in [-0.39, 0.29) is 11.3 Å². The van der Waals surface area contributed by atoms with E-state index in [0.29, 0.717) is 33.5 Å². The van der Waals surface area contributed by atoms with Gasteiger partial charge in [-0.05, 0) is 36.8 Å². The molecule has 9 heteroatoms. The molecule has 1 aromatic carbocycles. The fourth-order valence-corrected chi connectivity index (χ4v) is 4.66. The molecule has 0 radical (unpaired) electrons. The number of aromatic nitrogens is 3. The van der Waals surface area contributed by atoms with Gasteiger partial charge in [0.25, 0.3) is 5.78 Å². The lowest BCUT2D eigenvalue weighted by Crippen LogP contribution is -2.29. The summed E-state index contributed by atoms with van der Waals surface area (Å²) < 4.78 is 6.94. The summed E-state index contributed by atoms with van der Waals surface area (Å²) >= 11 is 1.24. The number of aliphatic hydroxyl groups excluding tert-OH is 1. The smallest absolute Gasteiger partial charge is 0.301 e. The summed E-state index contributed by atoms with van der Waals surface area (Å²) in [6.45, 7) is 1.75. The second-order valence-corrected chi connectivity index (χ2v) is 8.10. The van der Waals surface area contributed by atoms with Gasteiger partial charge in [0.15, 0.2) is 10.9 Å². The number of pyridine rings is 1. The van der Waals surface area contributed by atoms with Gasteiger partial charge in [0.2, 0.25) is 0 Å². The van der Waals surface area contributed by atoms with E-state index in [9.17, 15) is 14.7 Å². The molecule has 1 fully saturated rings. The normalized spacial score (nSPS) is 17.9. The first kappa shape index (κ1) is 20.0. The molecule has 0 saturated carbocycles. The van der Waals surface area contributed by atoms with Crippen molar-refractivity contribution in [1.82, 2.24) is 14.4 Å². The average molecular weight is 446 g/mol. The van der Waals surface area contributed by atoms with Gasteiger partial charge in [-0.15, -0.1) is 11.3 Å². The summed E-state index contributed by atoms with van der Waals surface area (Å²) in [6.07, 6.45) is 3.32. The van der Waals surface area contributed by atoms with E-state index in [0.717, 1.165) is 0 Å². The number of Topliss-reactive ketones (excluding diaryl/α,β-unsaturated/α-hetero) is 1. The fraction of sp³-hybridized carbons (Fsp3) is 0.130. The third-order valence-corrected chi connectivity index (χ3v) is 6.20. The lowest BCUT2D eigenvalue weighted by Gasteiger charge is -2.23. The summed E-state index contributed by atoms with van der Waals surface area (Å²) in [4.78, 5) is 36.4. The second kappa shape index (κ2) is 7.61. The molecule has 4 heterocycles. The number of nitrogens with zero attached hydrogens (tertiary/aromatic N) is 4.